The number of nitrogen functional groups attached to an aromatic ring is 2. The van der Waals surface area contributed by atoms with Crippen LogP contribution in [0.3, 0.4) is 0 Å². The third-order valence-corrected chi connectivity index (χ3v) is 8.07. The number of nitrogens with one attached hydrogen (secondary N) is 1. The van der Waals surface area contributed by atoms with Crippen LogP contribution in [0, 0.1) is 0 Å². The molecule has 36 heavy (non-hydrogen) atoms. The zero-order chi connectivity index (χ0) is 26.0. The van der Waals surface area contributed by atoms with E-state index in [1.807, 2.05) is 0 Å². The van der Waals surface area contributed by atoms with Gasteiger partial charge in [0.2, 0.25) is 17.4 Å². The summed E-state index contributed by atoms with van der Waals surface area (Å²) in [5.41, 5.74) is 11.6. The largest absolute Gasteiger partial charge is 0.477 e. The number of carboxylic acids is 1. The van der Waals surface area contributed by atoms with Gasteiger partial charge in [0.05, 0.1) is 13.2 Å². The van der Waals surface area contributed by atoms with Crippen LogP contribution in [0.25, 0.3) is 0 Å². The summed E-state index contributed by atoms with van der Waals surface area (Å²) in [7, 11) is 1.80. The van der Waals surface area contributed by atoms with Crippen LogP contribution in [0.4, 0.5) is 10.9 Å². The van der Waals surface area contributed by atoms with Gasteiger partial charge in [-0.1, -0.05) is 5.16 Å². The van der Waals surface area contributed by atoms with E-state index >= 15 is 0 Å². The average molecular weight is 553 g/mol. The van der Waals surface area contributed by atoms with E-state index in [1.165, 1.54) is 28.4 Å². The number of aliphatic carboxylic acids is 1. The lowest BCUT2D eigenvalue weighted by Crippen LogP contribution is -2.71. The molecule has 2 atom stereocenters. The van der Waals surface area contributed by atoms with Gasteiger partial charge in [0.1, 0.15) is 23.7 Å². The molecule has 0 bridgehead atoms. The number of carbonyl (C=O) groups is 3. The van der Waals surface area contributed by atoms with E-state index in [2.05, 4.69) is 24.8 Å². The van der Waals surface area contributed by atoms with Gasteiger partial charge in [-0.25, -0.2) is 9.36 Å². The predicted molar refractivity (Wildman–Crippen MR) is 133 cm³/mol. The zero-order valence-corrected chi connectivity index (χ0v) is 21.5. The number of anilines is 2. The number of rotatable bonds is 9. The van der Waals surface area contributed by atoms with Crippen LogP contribution in [-0.4, -0.2) is 77.4 Å². The minimum Gasteiger partial charge on any atom is -0.477 e. The van der Waals surface area contributed by atoms with Crippen molar-refractivity contribution < 1.29 is 28.9 Å². The second kappa shape index (κ2) is 10.7. The Hall–Kier alpha value is -3.44. The van der Waals surface area contributed by atoms with Gasteiger partial charge < -0.3 is 26.7 Å². The number of amides is 2. The molecule has 2 amide bonds. The number of hydrogen-bond acceptors (Lipinski definition) is 13. The fourth-order valence-electron chi connectivity index (χ4n) is 3.41. The summed E-state index contributed by atoms with van der Waals surface area (Å²) in [4.78, 5) is 52.4. The number of aromatic nitrogens is 4. The maximum absolute atomic E-state index is 13.0. The molecule has 2 aromatic rings. The van der Waals surface area contributed by atoms with Crippen LogP contribution in [0.15, 0.2) is 33.8 Å². The number of hydrogen-bond donors (Lipinski definition) is 4. The van der Waals surface area contributed by atoms with Crippen LogP contribution < -0.4 is 21.4 Å². The summed E-state index contributed by atoms with van der Waals surface area (Å²) in [6.45, 7) is 1.88. The van der Waals surface area contributed by atoms with E-state index in [0.717, 1.165) is 11.5 Å². The van der Waals surface area contributed by atoms with Crippen molar-refractivity contribution in [2.45, 2.75) is 23.5 Å². The lowest BCUT2D eigenvalue weighted by atomic mass is 10.0. The molecule has 1 saturated heterocycles. The Morgan fingerprint density at radius 2 is 2.19 bits per heavy atom. The van der Waals surface area contributed by atoms with Crippen LogP contribution >= 0.6 is 35.1 Å². The predicted octanol–water partition coefficient (Wildman–Crippen LogP) is -0.806. The van der Waals surface area contributed by atoms with Gasteiger partial charge in [0, 0.05) is 29.1 Å². The van der Waals surface area contributed by atoms with Gasteiger partial charge in [-0.3, -0.25) is 14.5 Å². The molecule has 2 aliphatic heterocycles. The molecule has 0 radical (unpaired) electrons. The molecular weight excluding hydrogens is 530 g/mol. The SMILES string of the molecule is CCO/N=C(\C(=O)N[C@@H]1C(=O)N2C(C(=O)O)=C(CSc3nc(N)cc[n+]3C)CS[C@H]12)c1nsc(N)n1. The zero-order valence-electron chi connectivity index (χ0n) is 19.1. The fraction of sp³-hybridized carbons (Fsp3) is 0.368. The molecule has 14 nitrogen and oxygen atoms in total. The van der Waals surface area contributed by atoms with E-state index in [-0.39, 0.29) is 29.0 Å². The van der Waals surface area contributed by atoms with Crippen molar-refractivity contribution in [3.8, 4) is 0 Å². The number of nitrogens with two attached hydrogens (primary N) is 2. The first-order valence-electron chi connectivity index (χ1n) is 10.5. The minimum absolute atomic E-state index is 0.0304. The van der Waals surface area contributed by atoms with E-state index in [9.17, 15) is 19.5 Å². The molecule has 0 aromatic carbocycles. The Bertz CT molecular complexity index is 1280. The number of fused-ring (bicyclic) bond motifs is 1. The molecule has 0 aliphatic carbocycles. The monoisotopic (exact) mass is 552 g/mol. The maximum Gasteiger partial charge on any atom is 0.361 e. The highest BCUT2D eigenvalue weighted by atomic mass is 32.2. The number of nitrogens with zero attached hydrogens (tertiary/aromatic N) is 6. The number of carbonyl (C=O) groups excluding carboxylic acids is 2. The van der Waals surface area contributed by atoms with Gasteiger partial charge in [0.25, 0.3) is 11.8 Å². The number of oxime groups is 1. The summed E-state index contributed by atoms with van der Waals surface area (Å²) in [6.07, 6.45) is 1.76. The molecule has 190 valence electrons. The Kier molecular flexibility index (Phi) is 7.60. The highest BCUT2D eigenvalue weighted by molar-refractivity contribution is 8.01. The van der Waals surface area contributed by atoms with E-state index in [1.54, 1.807) is 30.8 Å². The minimum atomic E-state index is -1.22. The molecule has 2 aliphatic rings. The van der Waals surface area contributed by atoms with Crippen molar-refractivity contribution in [2.75, 3.05) is 29.6 Å². The first kappa shape index (κ1) is 25.6. The number of aryl methyl sites for hydroxylation is 1. The smallest absolute Gasteiger partial charge is 0.361 e. The molecule has 6 N–H and O–H groups in total. The maximum atomic E-state index is 13.0. The second-order valence-electron chi connectivity index (χ2n) is 7.47. The summed E-state index contributed by atoms with van der Waals surface area (Å²) >= 11 is 3.55. The van der Waals surface area contributed by atoms with Gasteiger partial charge in [-0.05, 0) is 29.2 Å². The fourth-order valence-corrected chi connectivity index (χ4v) is 6.30. The standard InChI is InChI=1S/C19H21N9O5S3/c1-3-33-25-10(13-24-18(21)36-26-13)14(29)23-11-15(30)28-12(17(31)32)8(6-34-16(11)28)7-35-19-22-9(20)4-5-27(19)2/h4-5,11,16,20H,3,6-7H2,1-2H3,(H4,21,23,24,26,29,31,32)/p+1/b25-10-/t11-,16-/m1/s1. The molecule has 1 fully saturated rings. The summed E-state index contributed by atoms with van der Waals surface area (Å²) in [5, 5.41) is 16.4. The average Bonchev–Trinajstić information content (AvgIpc) is 3.28. The lowest BCUT2D eigenvalue weighted by molar-refractivity contribution is -0.713. The Morgan fingerprint density at radius 1 is 1.42 bits per heavy atom. The van der Waals surface area contributed by atoms with Crippen molar-refractivity contribution >= 4 is 69.5 Å². The van der Waals surface area contributed by atoms with Gasteiger partial charge in [-0.15, -0.1) is 11.8 Å². The molecule has 17 heteroatoms. The Labute approximate surface area is 217 Å². The lowest BCUT2D eigenvalue weighted by Gasteiger charge is -2.49. The quantitative estimate of drug-likeness (QED) is 0.0753. The molecule has 4 rings (SSSR count). The number of β-lactam (4-membered cyclic amide) rings is 1. The molecule has 0 saturated carbocycles. The van der Waals surface area contributed by atoms with Crippen molar-refractivity contribution in [3.63, 3.8) is 0 Å². The van der Waals surface area contributed by atoms with Crippen molar-refractivity contribution in [3.05, 3.63) is 29.4 Å². The topological polar surface area (TPSA) is 203 Å². The Morgan fingerprint density at radius 3 is 2.86 bits per heavy atom. The highest BCUT2D eigenvalue weighted by Gasteiger charge is 2.54. The van der Waals surface area contributed by atoms with Crippen molar-refractivity contribution in [2.24, 2.45) is 12.2 Å². The summed E-state index contributed by atoms with van der Waals surface area (Å²) in [5.74, 6) is -1.53. The third kappa shape index (κ3) is 5.07. The molecule has 0 unspecified atom stereocenters. The van der Waals surface area contributed by atoms with Crippen LogP contribution in [0.5, 0.6) is 0 Å². The van der Waals surface area contributed by atoms with Crippen LogP contribution in [0.2, 0.25) is 0 Å². The summed E-state index contributed by atoms with van der Waals surface area (Å²) in [6, 6.07) is 0.701. The molecular formula is C19H22N9O5S3+. The highest BCUT2D eigenvalue weighted by Crippen LogP contribution is 2.41. The van der Waals surface area contributed by atoms with Gasteiger partial charge in [0.15, 0.2) is 5.13 Å². The van der Waals surface area contributed by atoms with Gasteiger partial charge >= 0.3 is 11.1 Å². The Balaban J connectivity index is 1.50. The molecule has 4 heterocycles. The normalized spacial score (nSPS) is 19.6. The van der Waals surface area contributed by atoms with Crippen LogP contribution in [-0.2, 0) is 26.3 Å². The van der Waals surface area contributed by atoms with Gasteiger partial charge in [-0.2, -0.15) is 9.36 Å². The first-order valence-corrected chi connectivity index (χ1v) is 13.3. The third-order valence-electron chi connectivity index (χ3n) is 5.06. The van der Waals surface area contributed by atoms with Crippen LogP contribution in [0.1, 0.15) is 12.7 Å². The number of thioether (sulfide) groups is 2. The molecule has 2 aromatic heterocycles. The number of carboxylic acid groups (broad SMARTS) is 1. The van der Waals surface area contributed by atoms with E-state index in [4.69, 9.17) is 16.3 Å². The first-order chi connectivity index (χ1) is 17.2. The van der Waals surface area contributed by atoms with Crippen molar-refractivity contribution in [1.29, 1.82) is 0 Å². The van der Waals surface area contributed by atoms with Crippen molar-refractivity contribution in [1.82, 2.24) is 24.6 Å². The second-order valence-corrected chi connectivity index (χ2v) is 10.3. The van der Waals surface area contributed by atoms with E-state index < -0.39 is 29.2 Å². The van der Waals surface area contributed by atoms with E-state index in [0.29, 0.717) is 28.1 Å². The summed E-state index contributed by atoms with van der Waals surface area (Å²) < 4.78 is 5.75. The molecule has 0 spiro atoms.